The van der Waals surface area contributed by atoms with Crippen LogP contribution in [0.1, 0.15) is 20.3 Å². The van der Waals surface area contributed by atoms with Crippen molar-refractivity contribution in [3.63, 3.8) is 0 Å². The monoisotopic (exact) mass is 258 g/mol. The number of rotatable bonds is 4. The lowest BCUT2D eigenvalue weighted by atomic mass is 10.2. The van der Waals surface area contributed by atoms with Crippen molar-refractivity contribution in [2.45, 2.75) is 26.3 Å². The lowest BCUT2D eigenvalue weighted by molar-refractivity contribution is -0.142. The van der Waals surface area contributed by atoms with E-state index in [4.69, 9.17) is 4.74 Å². The molecule has 1 fully saturated rings. The first-order valence-electron chi connectivity index (χ1n) is 6.31. The zero-order valence-electron chi connectivity index (χ0n) is 11.3. The highest BCUT2D eigenvalue weighted by molar-refractivity contribution is 5.70. The molecule has 0 spiro atoms. The minimum absolute atomic E-state index is 0.141. The van der Waals surface area contributed by atoms with Crippen LogP contribution in [0.5, 0.6) is 0 Å². The molecule has 1 rings (SSSR count). The van der Waals surface area contributed by atoms with Crippen LogP contribution in [0.4, 0.5) is 4.79 Å². The maximum atomic E-state index is 11.5. The van der Waals surface area contributed by atoms with Gasteiger partial charge in [-0.3, -0.25) is 9.69 Å². The molecule has 1 aliphatic heterocycles. The molecule has 0 aromatic rings. The van der Waals surface area contributed by atoms with Crippen LogP contribution in [0.25, 0.3) is 0 Å². The first-order chi connectivity index (χ1) is 8.58. The number of esters is 1. The molecule has 1 saturated heterocycles. The third-order valence-electron chi connectivity index (χ3n) is 3.15. The Bertz CT molecular complexity index is 288. The van der Waals surface area contributed by atoms with E-state index < -0.39 is 0 Å². The molecule has 6 nitrogen and oxygen atoms in total. The second kappa shape index (κ2) is 7.20. The third kappa shape index (κ3) is 4.18. The fourth-order valence-corrected chi connectivity index (χ4v) is 2.01. The van der Waals surface area contributed by atoms with E-state index in [-0.39, 0.29) is 18.1 Å². The Morgan fingerprint density at radius 2 is 1.83 bits per heavy atom. The highest BCUT2D eigenvalue weighted by atomic mass is 16.6. The van der Waals surface area contributed by atoms with Gasteiger partial charge in [-0.1, -0.05) is 0 Å². The summed E-state index contributed by atoms with van der Waals surface area (Å²) in [4.78, 5) is 26.6. The lowest BCUT2D eigenvalue weighted by Gasteiger charge is -2.37. The normalized spacial score (nSPS) is 18.3. The summed E-state index contributed by atoms with van der Waals surface area (Å²) in [5, 5.41) is 0. The van der Waals surface area contributed by atoms with Gasteiger partial charge >= 0.3 is 12.1 Å². The molecule has 1 aliphatic rings. The molecule has 0 aromatic heterocycles. The molecular weight excluding hydrogens is 236 g/mol. The van der Waals surface area contributed by atoms with Crippen LogP contribution in [-0.4, -0.2) is 67.8 Å². The third-order valence-corrected chi connectivity index (χ3v) is 3.15. The summed E-state index contributed by atoms with van der Waals surface area (Å²) in [5.41, 5.74) is 0. The van der Waals surface area contributed by atoms with E-state index in [9.17, 15) is 9.59 Å². The van der Waals surface area contributed by atoms with Gasteiger partial charge < -0.3 is 14.4 Å². The fourth-order valence-electron chi connectivity index (χ4n) is 2.01. The van der Waals surface area contributed by atoms with Gasteiger partial charge in [-0.05, 0) is 13.8 Å². The SMILES string of the molecule is CCOC(=O)N1CCN(C(C)CC(=O)OC)CC1. The number of ether oxygens (including phenoxy) is 2. The topological polar surface area (TPSA) is 59.1 Å². The molecule has 6 heteroatoms. The molecule has 18 heavy (non-hydrogen) atoms. The number of carbonyl (C=O) groups excluding carboxylic acids is 2. The predicted octanol–water partition coefficient (Wildman–Crippen LogP) is 0.712. The molecule has 0 radical (unpaired) electrons. The van der Waals surface area contributed by atoms with E-state index in [1.165, 1.54) is 7.11 Å². The van der Waals surface area contributed by atoms with Crippen molar-refractivity contribution in [2.24, 2.45) is 0 Å². The Morgan fingerprint density at radius 3 is 2.33 bits per heavy atom. The Kier molecular flexibility index (Phi) is 5.91. The largest absolute Gasteiger partial charge is 0.469 e. The quantitative estimate of drug-likeness (QED) is 0.695. The van der Waals surface area contributed by atoms with Crippen LogP contribution >= 0.6 is 0 Å². The van der Waals surface area contributed by atoms with Gasteiger partial charge in [0.2, 0.25) is 0 Å². The summed E-state index contributed by atoms with van der Waals surface area (Å²) in [6.45, 7) is 7.00. The molecular formula is C12H22N2O4. The first kappa shape index (κ1) is 14.8. The van der Waals surface area contributed by atoms with E-state index in [1.807, 2.05) is 6.92 Å². The van der Waals surface area contributed by atoms with Crippen molar-refractivity contribution in [1.29, 1.82) is 0 Å². The smallest absolute Gasteiger partial charge is 0.409 e. The van der Waals surface area contributed by atoms with Crippen molar-refractivity contribution in [2.75, 3.05) is 39.9 Å². The summed E-state index contributed by atoms with van der Waals surface area (Å²) >= 11 is 0. The van der Waals surface area contributed by atoms with Gasteiger partial charge in [0.1, 0.15) is 0 Å². The molecule has 1 amide bonds. The Balaban J connectivity index is 2.34. The zero-order chi connectivity index (χ0) is 13.5. The van der Waals surface area contributed by atoms with Crippen molar-refractivity contribution < 1.29 is 19.1 Å². The van der Waals surface area contributed by atoms with Gasteiger partial charge in [-0.15, -0.1) is 0 Å². The zero-order valence-corrected chi connectivity index (χ0v) is 11.3. The van der Waals surface area contributed by atoms with Crippen LogP contribution in [0, 0.1) is 0 Å². The standard InChI is InChI=1S/C12H22N2O4/c1-4-18-12(16)14-7-5-13(6-8-14)10(2)9-11(15)17-3/h10H,4-9H2,1-3H3. The van der Waals surface area contributed by atoms with Gasteiger partial charge in [0.25, 0.3) is 0 Å². The molecule has 0 aliphatic carbocycles. The Hall–Kier alpha value is -1.30. The van der Waals surface area contributed by atoms with Crippen LogP contribution in [0.15, 0.2) is 0 Å². The first-order valence-corrected chi connectivity index (χ1v) is 6.31. The minimum atomic E-state index is -0.252. The minimum Gasteiger partial charge on any atom is -0.469 e. The number of hydrogen-bond donors (Lipinski definition) is 0. The van der Waals surface area contributed by atoms with Crippen molar-refractivity contribution >= 4 is 12.1 Å². The van der Waals surface area contributed by atoms with E-state index in [2.05, 4.69) is 9.64 Å². The molecule has 0 bridgehead atoms. The number of piperazine rings is 1. The van der Waals surface area contributed by atoms with Crippen LogP contribution < -0.4 is 0 Å². The predicted molar refractivity (Wildman–Crippen MR) is 66.3 cm³/mol. The number of methoxy groups -OCH3 is 1. The van der Waals surface area contributed by atoms with Gasteiger partial charge in [-0.25, -0.2) is 4.79 Å². The Morgan fingerprint density at radius 1 is 1.22 bits per heavy atom. The van der Waals surface area contributed by atoms with Gasteiger partial charge in [0.05, 0.1) is 20.1 Å². The van der Waals surface area contributed by atoms with E-state index in [0.717, 1.165) is 13.1 Å². The van der Waals surface area contributed by atoms with Crippen molar-refractivity contribution in [3.8, 4) is 0 Å². The van der Waals surface area contributed by atoms with Gasteiger partial charge in [0, 0.05) is 32.2 Å². The number of hydrogen-bond acceptors (Lipinski definition) is 5. The molecule has 1 atom stereocenters. The van der Waals surface area contributed by atoms with Crippen LogP contribution in [0.3, 0.4) is 0 Å². The molecule has 0 saturated carbocycles. The average molecular weight is 258 g/mol. The Labute approximate surface area is 108 Å². The number of carbonyl (C=O) groups is 2. The molecule has 1 unspecified atom stereocenters. The summed E-state index contributed by atoms with van der Waals surface area (Å²) in [6.07, 6.45) is 0.133. The summed E-state index contributed by atoms with van der Waals surface area (Å²) < 4.78 is 9.61. The van der Waals surface area contributed by atoms with E-state index in [0.29, 0.717) is 26.1 Å². The van der Waals surface area contributed by atoms with E-state index in [1.54, 1.807) is 11.8 Å². The lowest BCUT2D eigenvalue weighted by Crippen LogP contribution is -2.51. The number of nitrogens with zero attached hydrogens (tertiary/aromatic N) is 2. The van der Waals surface area contributed by atoms with E-state index >= 15 is 0 Å². The maximum absolute atomic E-state index is 11.5. The van der Waals surface area contributed by atoms with Crippen LogP contribution in [-0.2, 0) is 14.3 Å². The average Bonchev–Trinajstić information content (AvgIpc) is 2.39. The maximum Gasteiger partial charge on any atom is 0.409 e. The molecule has 1 heterocycles. The molecule has 104 valence electrons. The summed E-state index contributed by atoms with van der Waals surface area (Å²) in [5.74, 6) is -0.199. The fraction of sp³-hybridized carbons (Fsp3) is 0.833. The van der Waals surface area contributed by atoms with Gasteiger partial charge in [0.15, 0.2) is 0 Å². The summed E-state index contributed by atoms with van der Waals surface area (Å²) in [6, 6.07) is 0.141. The van der Waals surface area contributed by atoms with Crippen molar-refractivity contribution in [1.82, 2.24) is 9.80 Å². The number of amides is 1. The van der Waals surface area contributed by atoms with Crippen molar-refractivity contribution in [3.05, 3.63) is 0 Å². The van der Waals surface area contributed by atoms with Gasteiger partial charge in [-0.2, -0.15) is 0 Å². The molecule has 0 aromatic carbocycles. The second-order valence-corrected chi connectivity index (χ2v) is 4.35. The highest BCUT2D eigenvalue weighted by Crippen LogP contribution is 2.10. The second-order valence-electron chi connectivity index (χ2n) is 4.35. The van der Waals surface area contributed by atoms with Crippen LogP contribution in [0.2, 0.25) is 0 Å². The highest BCUT2D eigenvalue weighted by Gasteiger charge is 2.25. The molecule has 0 N–H and O–H groups in total. The summed E-state index contributed by atoms with van der Waals surface area (Å²) in [7, 11) is 1.40.